The molecule has 1 aromatic carbocycles. The molecule has 6 heteroatoms. The normalized spacial score (nSPS) is 14.4. The number of piperazine rings is 1. The van der Waals surface area contributed by atoms with Crippen LogP contribution in [0.3, 0.4) is 0 Å². The molecule has 0 atom stereocenters. The molecule has 1 N–H and O–H groups in total. The second-order valence-corrected chi connectivity index (χ2v) is 6.53. The first-order valence-corrected chi connectivity index (χ1v) is 9.03. The smallest absolute Gasteiger partial charge is 0.317 e. The van der Waals surface area contributed by atoms with E-state index in [2.05, 4.69) is 21.3 Å². The third-order valence-corrected chi connectivity index (χ3v) is 4.72. The van der Waals surface area contributed by atoms with Crippen molar-refractivity contribution < 1.29 is 4.79 Å². The topological polar surface area (TPSA) is 48.5 Å². The lowest BCUT2D eigenvalue weighted by molar-refractivity contribution is 0.194. The molecule has 5 nitrogen and oxygen atoms in total. The second kappa shape index (κ2) is 8.72. The minimum Gasteiger partial charge on any atom is -0.367 e. The van der Waals surface area contributed by atoms with Crippen molar-refractivity contribution >= 4 is 23.3 Å². The molecule has 0 bridgehead atoms. The molecule has 3 rings (SSSR count). The summed E-state index contributed by atoms with van der Waals surface area (Å²) in [5.41, 5.74) is 2.24. The quantitative estimate of drug-likeness (QED) is 0.835. The SMILES string of the molecule is O=C(NCCCc1cccnc1)N1CCN(c2ccccc2Cl)CC1. The zero-order valence-electron chi connectivity index (χ0n) is 14.2. The summed E-state index contributed by atoms with van der Waals surface area (Å²) in [6.07, 6.45) is 5.48. The Balaban J connectivity index is 1.39. The Morgan fingerprint density at radius 2 is 1.92 bits per heavy atom. The number of halogens is 1. The molecule has 0 saturated carbocycles. The number of pyridine rings is 1. The van der Waals surface area contributed by atoms with E-state index in [4.69, 9.17) is 11.6 Å². The van der Waals surface area contributed by atoms with Crippen molar-refractivity contribution in [1.29, 1.82) is 0 Å². The Kier molecular flexibility index (Phi) is 6.12. The van der Waals surface area contributed by atoms with E-state index in [0.717, 1.165) is 36.6 Å². The number of aromatic nitrogens is 1. The maximum Gasteiger partial charge on any atom is 0.317 e. The summed E-state index contributed by atoms with van der Waals surface area (Å²) in [6, 6.07) is 11.9. The number of benzene rings is 1. The molecular weight excluding hydrogens is 336 g/mol. The number of hydrogen-bond donors (Lipinski definition) is 1. The summed E-state index contributed by atoms with van der Waals surface area (Å²) in [6.45, 7) is 3.69. The van der Waals surface area contributed by atoms with Crippen LogP contribution < -0.4 is 10.2 Å². The van der Waals surface area contributed by atoms with E-state index in [1.165, 1.54) is 5.56 Å². The second-order valence-electron chi connectivity index (χ2n) is 6.12. The minimum atomic E-state index is 0.0185. The third kappa shape index (κ3) is 4.86. The number of anilines is 1. The van der Waals surface area contributed by atoms with Crippen molar-refractivity contribution in [3.63, 3.8) is 0 Å². The van der Waals surface area contributed by atoms with Crippen LogP contribution >= 0.6 is 11.6 Å². The average molecular weight is 359 g/mol. The maximum absolute atomic E-state index is 12.3. The van der Waals surface area contributed by atoms with Gasteiger partial charge in [-0.05, 0) is 36.6 Å². The van der Waals surface area contributed by atoms with Crippen molar-refractivity contribution in [1.82, 2.24) is 15.2 Å². The first-order valence-electron chi connectivity index (χ1n) is 8.65. The van der Waals surface area contributed by atoms with Gasteiger partial charge < -0.3 is 15.1 Å². The van der Waals surface area contributed by atoms with E-state index in [-0.39, 0.29) is 6.03 Å². The van der Waals surface area contributed by atoms with Gasteiger partial charge in [0, 0.05) is 45.1 Å². The average Bonchev–Trinajstić information content (AvgIpc) is 2.66. The molecule has 0 aliphatic carbocycles. The minimum absolute atomic E-state index is 0.0185. The summed E-state index contributed by atoms with van der Waals surface area (Å²) in [4.78, 5) is 20.5. The van der Waals surface area contributed by atoms with Gasteiger partial charge in [0.25, 0.3) is 0 Å². The predicted molar refractivity (Wildman–Crippen MR) is 101 cm³/mol. The number of carbonyl (C=O) groups excluding carboxylic acids is 1. The van der Waals surface area contributed by atoms with Crippen LogP contribution in [0.5, 0.6) is 0 Å². The molecule has 1 aliphatic rings. The lowest BCUT2D eigenvalue weighted by Gasteiger charge is -2.36. The molecule has 0 spiro atoms. The van der Waals surface area contributed by atoms with Crippen LogP contribution in [0.2, 0.25) is 5.02 Å². The molecule has 1 aromatic heterocycles. The van der Waals surface area contributed by atoms with E-state index in [1.54, 1.807) is 6.20 Å². The predicted octanol–water partition coefficient (Wildman–Crippen LogP) is 3.20. The van der Waals surface area contributed by atoms with Crippen LogP contribution in [0.4, 0.5) is 10.5 Å². The lowest BCUT2D eigenvalue weighted by atomic mass is 10.1. The Labute approximate surface area is 153 Å². The van der Waals surface area contributed by atoms with Crippen LogP contribution in [0.15, 0.2) is 48.8 Å². The Bertz CT molecular complexity index is 687. The van der Waals surface area contributed by atoms with Crippen molar-refractivity contribution in [2.75, 3.05) is 37.6 Å². The van der Waals surface area contributed by atoms with Crippen molar-refractivity contribution in [2.24, 2.45) is 0 Å². The number of carbonyl (C=O) groups is 1. The van der Waals surface area contributed by atoms with Crippen LogP contribution in [-0.4, -0.2) is 48.6 Å². The number of para-hydroxylation sites is 1. The molecule has 0 radical (unpaired) electrons. The van der Waals surface area contributed by atoms with Crippen LogP contribution in [0.25, 0.3) is 0 Å². The van der Waals surface area contributed by atoms with Gasteiger partial charge in [0.1, 0.15) is 0 Å². The summed E-state index contributed by atoms with van der Waals surface area (Å²) < 4.78 is 0. The molecule has 132 valence electrons. The zero-order valence-corrected chi connectivity index (χ0v) is 15.0. The summed E-state index contributed by atoms with van der Waals surface area (Å²) in [5.74, 6) is 0. The fourth-order valence-corrected chi connectivity index (χ4v) is 3.26. The largest absolute Gasteiger partial charge is 0.367 e. The van der Waals surface area contributed by atoms with Gasteiger partial charge in [-0.15, -0.1) is 0 Å². The first kappa shape index (κ1) is 17.5. The number of urea groups is 1. The fraction of sp³-hybridized carbons (Fsp3) is 0.368. The standard InChI is InChI=1S/C19H23ClN4O/c20-17-7-1-2-8-18(17)23-11-13-24(14-12-23)19(25)22-10-4-6-16-5-3-9-21-15-16/h1-3,5,7-9,15H,4,6,10-14H2,(H,22,25). The number of rotatable bonds is 5. The molecular formula is C19H23ClN4O. The van der Waals surface area contributed by atoms with Gasteiger partial charge in [0.2, 0.25) is 0 Å². The maximum atomic E-state index is 12.3. The highest BCUT2D eigenvalue weighted by atomic mass is 35.5. The van der Waals surface area contributed by atoms with Gasteiger partial charge >= 0.3 is 6.03 Å². The molecule has 2 amide bonds. The van der Waals surface area contributed by atoms with E-state index < -0.39 is 0 Å². The zero-order chi connectivity index (χ0) is 17.5. The van der Waals surface area contributed by atoms with Gasteiger partial charge in [-0.3, -0.25) is 4.98 Å². The lowest BCUT2D eigenvalue weighted by Crippen LogP contribution is -2.52. The molecule has 25 heavy (non-hydrogen) atoms. The number of nitrogens with one attached hydrogen (secondary N) is 1. The first-order chi connectivity index (χ1) is 12.2. The Morgan fingerprint density at radius 3 is 2.64 bits per heavy atom. The number of aryl methyl sites for hydroxylation is 1. The highest BCUT2D eigenvalue weighted by Gasteiger charge is 2.21. The Hall–Kier alpha value is -2.27. The molecule has 1 fully saturated rings. The van der Waals surface area contributed by atoms with Gasteiger partial charge in [-0.1, -0.05) is 29.8 Å². The summed E-state index contributed by atoms with van der Waals surface area (Å²) >= 11 is 6.25. The molecule has 0 unspecified atom stereocenters. The Morgan fingerprint density at radius 1 is 1.12 bits per heavy atom. The van der Waals surface area contributed by atoms with Crippen LogP contribution in [0.1, 0.15) is 12.0 Å². The highest BCUT2D eigenvalue weighted by molar-refractivity contribution is 6.33. The highest BCUT2D eigenvalue weighted by Crippen LogP contribution is 2.25. The molecule has 2 aromatic rings. The van der Waals surface area contributed by atoms with Crippen molar-refractivity contribution in [3.05, 3.63) is 59.4 Å². The summed E-state index contributed by atoms with van der Waals surface area (Å²) in [7, 11) is 0. The number of amides is 2. The molecule has 2 heterocycles. The van der Waals surface area contributed by atoms with Gasteiger partial charge in [0.05, 0.1) is 10.7 Å². The molecule has 1 saturated heterocycles. The van der Waals surface area contributed by atoms with Gasteiger partial charge in [0.15, 0.2) is 0 Å². The molecule has 1 aliphatic heterocycles. The summed E-state index contributed by atoms with van der Waals surface area (Å²) in [5, 5.41) is 3.77. The van der Waals surface area contributed by atoms with E-state index in [0.29, 0.717) is 19.6 Å². The number of hydrogen-bond acceptors (Lipinski definition) is 3. The number of nitrogens with zero attached hydrogens (tertiary/aromatic N) is 3. The van der Waals surface area contributed by atoms with E-state index in [1.807, 2.05) is 41.4 Å². The fourth-order valence-electron chi connectivity index (χ4n) is 3.00. The van der Waals surface area contributed by atoms with Crippen molar-refractivity contribution in [3.8, 4) is 0 Å². The van der Waals surface area contributed by atoms with Crippen LogP contribution in [-0.2, 0) is 6.42 Å². The van der Waals surface area contributed by atoms with Gasteiger partial charge in [-0.25, -0.2) is 4.79 Å². The van der Waals surface area contributed by atoms with Crippen molar-refractivity contribution in [2.45, 2.75) is 12.8 Å². The van der Waals surface area contributed by atoms with E-state index in [9.17, 15) is 4.79 Å². The van der Waals surface area contributed by atoms with E-state index >= 15 is 0 Å². The van der Waals surface area contributed by atoms with Crippen LogP contribution in [0, 0.1) is 0 Å². The third-order valence-electron chi connectivity index (χ3n) is 4.40. The monoisotopic (exact) mass is 358 g/mol. The van der Waals surface area contributed by atoms with Gasteiger partial charge in [-0.2, -0.15) is 0 Å².